The SMILES string of the molecule is C[C@H](NC(=O)CCc1ccc(C(C)(C)C)cc1)c1ccc2c(c1)CCC2. The van der Waals surface area contributed by atoms with Gasteiger partial charge in [0.25, 0.3) is 0 Å². The molecule has 2 heteroatoms. The molecule has 1 N–H and O–H groups in total. The molecule has 1 aliphatic rings. The largest absolute Gasteiger partial charge is 0.350 e. The molecule has 0 aromatic heterocycles. The maximum absolute atomic E-state index is 12.3. The number of nitrogens with one attached hydrogen (secondary N) is 1. The van der Waals surface area contributed by atoms with Crippen LogP contribution in [0.3, 0.4) is 0 Å². The Morgan fingerprint density at radius 3 is 2.42 bits per heavy atom. The lowest BCUT2D eigenvalue weighted by Crippen LogP contribution is -2.26. The van der Waals surface area contributed by atoms with E-state index in [9.17, 15) is 4.79 Å². The Labute approximate surface area is 158 Å². The second kappa shape index (κ2) is 7.65. The Kier molecular flexibility index (Phi) is 5.50. The fourth-order valence-corrected chi connectivity index (χ4v) is 3.69. The third kappa shape index (κ3) is 4.55. The van der Waals surface area contributed by atoms with Crippen LogP contribution in [0.5, 0.6) is 0 Å². The smallest absolute Gasteiger partial charge is 0.220 e. The maximum Gasteiger partial charge on any atom is 0.220 e. The van der Waals surface area contributed by atoms with E-state index < -0.39 is 0 Å². The molecule has 3 rings (SSSR count). The van der Waals surface area contributed by atoms with E-state index in [4.69, 9.17) is 0 Å². The highest BCUT2D eigenvalue weighted by Gasteiger charge is 2.15. The van der Waals surface area contributed by atoms with Crippen molar-refractivity contribution in [3.05, 3.63) is 70.3 Å². The number of fused-ring (bicyclic) bond motifs is 1. The molecule has 0 fully saturated rings. The Balaban J connectivity index is 1.52. The molecule has 0 heterocycles. The van der Waals surface area contributed by atoms with Gasteiger partial charge in [0.1, 0.15) is 0 Å². The van der Waals surface area contributed by atoms with Gasteiger partial charge in [0.05, 0.1) is 6.04 Å². The van der Waals surface area contributed by atoms with Gasteiger partial charge < -0.3 is 5.32 Å². The quantitative estimate of drug-likeness (QED) is 0.781. The van der Waals surface area contributed by atoms with Crippen molar-refractivity contribution in [2.24, 2.45) is 0 Å². The number of aryl methyl sites for hydroxylation is 3. The summed E-state index contributed by atoms with van der Waals surface area (Å²) in [6.07, 6.45) is 4.95. The van der Waals surface area contributed by atoms with Gasteiger partial charge in [0, 0.05) is 6.42 Å². The summed E-state index contributed by atoms with van der Waals surface area (Å²) in [5.41, 5.74) is 6.87. The molecule has 2 aromatic rings. The van der Waals surface area contributed by atoms with Gasteiger partial charge in [-0.05, 0) is 65.8 Å². The monoisotopic (exact) mass is 349 g/mol. The van der Waals surface area contributed by atoms with Crippen molar-refractivity contribution in [2.45, 2.75) is 71.3 Å². The predicted octanol–water partition coefficient (Wildman–Crippen LogP) is 5.28. The molecule has 2 nitrogen and oxygen atoms in total. The number of amides is 1. The zero-order valence-corrected chi connectivity index (χ0v) is 16.6. The molecular formula is C24H31NO. The molecular weight excluding hydrogens is 318 g/mol. The minimum absolute atomic E-state index is 0.0664. The lowest BCUT2D eigenvalue weighted by Gasteiger charge is -2.19. The van der Waals surface area contributed by atoms with Crippen LogP contribution in [-0.4, -0.2) is 5.91 Å². The molecule has 138 valence electrons. The van der Waals surface area contributed by atoms with Crippen molar-refractivity contribution >= 4 is 5.91 Å². The van der Waals surface area contributed by atoms with Gasteiger partial charge in [-0.3, -0.25) is 4.79 Å². The molecule has 26 heavy (non-hydrogen) atoms. The minimum atomic E-state index is 0.0664. The standard InChI is InChI=1S/C24H31NO/c1-17(20-12-11-19-6-5-7-21(19)16-20)25-23(26)15-10-18-8-13-22(14-9-18)24(2,3)4/h8-9,11-14,16-17H,5-7,10,15H2,1-4H3,(H,25,26)/t17-/m0/s1. The fourth-order valence-electron chi connectivity index (χ4n) is 3.69. The molecule has 0 aliphatic heterocycles. The van der Waals surface area contributed by atoms with Crippen LogP contribution in [0.4, 0.5) is 0 Å². The van der Waals surface area contributed by atoms with E-state index in [0.717, 1.165) is 6.42 Å². The van der Waals surface area contributed by atoms with Crippen LogP contribution in [0.15, 0.2) is 42.5 Å². The highest BCUT2D eigenvalue weighted by Crippen LogP contribution is 2.25. The van der Waals surface area contributed by atoms with Gasteiger partial charge in [-0.2, -0.15) is 0 Å². The number of benzene rings is 2. The third-order valence-electron chi connectivity index (χ3n) is 5.46. The van der Waals surface area contributed by atoms with Gasteiger partial charge in [-0.1, -0.05) is 63.2 Å². The van der Waals surface area contributed by atoms with Crippen molar-refractivity contribution in [1.29, 1.82) is 0 Å². The summed E-state index contributed by atoms with van der Waals surface area (Å²) in [5, 5.41) is 3.15. The molecule has 1 amide bonds. The zero-order valence-electron chi connectivity index (χ0n) is 16.6. The van der Waals surface area contributed by atoms with E-state index in [0.29, 0.717) is 6.42 Å². The average molecular weight is 350 g/mol. The van der Waals surface area contributed by atoms with Crippen LogP contribution in [0.25, 0.3) is 0 Å². The molecule has 0 saturated heterocycles. The second-order valence-corrected chi connectivity index (χ2v) is 8.62. The third-order valence-corrected chi connectivity index (χ3v) is 5.46. The first kappa shape index (κ1) is 18.7. The van der Waals surface area contributed by atoms with Crippen LogP contribution < -0.4 is 5.32 Å². The van der Waals surface area contributed by atoms with E-state index in [-0.39, 0.29) is 17.4 Å². The molecule has 2 aromatic carbocycles. The van der Waals surface area contributed by atoms with Crippen LogP contribution in [0, 0.1) is 0 Å². The number of carbonyl (C=O) groups is 1. The summed E-state index contributed by atoms with van der Waals surface area (Å²) >= 11 is 0. The highest BCUT2D eigenvalue weighted by atomic mass is 16.1. The Morgan fingerprint density at radius 1 is 1.04 bits per heavy atom. The summed E-state index contributed by atoms with van der Waals surface area (Å²) < 4.78 is 0. The van der Waals surface area contributed by atoms with Gasteiger partial charge in [0.2, 0.25) is 5.91 Å². The van der Waals surface area contributed by atoms with Crippen molar-refractivity contribution < 1.29 is 4.79 Å². The number of hydrogen-bond donors (Lipinski definition) is 1. The normalized spacial score (nSPS) is 14.8. The first-order valence-electron chi connectivity index (χ1n) is 9.83. The first-order chi connectivity index (χ1) is 12.3. The number of rotatable bonds is 5. The summed E-state index contributed by atoms with van der Waals surface area (Å²) in [6.45, 7) is 8.73. The average Bonchev–Trinajstić information content (AvgIpc) is 3.07. The highest BCUT2D eigenvalue weighted by molar-refractivity contribution is 5.76. The first-order valence-corrected chi connectivity index (χ1v) is 9.83. The maximum atomic E-state index is 12.3. The summed E-state index contributed by atoms with van der Waals surface area (Å²) in [5.74, 6) is 0.123. The molecule has 0 radical (unpaired) electrons. The zero-order chi connectivity index (χ0) is 18.7. The minimum Gasteiger partial charge on any atom is -0.350 e. The van der Waals surface area contributed by atoms with Crippen LogP contribution >= 0.6 is 0 Å². The molecule has 1 aliphatic carbocycles. The molecule has 1 atom stereocenters. The van der Waals surface area contributed by atoms with E-state index in [1.54, 1.807) is 0 Å². The molecule has 0 saturated carbocycles. The fraction of sp³-hybridized carbons (Fsp3) is 0.458. The van der Waals surface area contributed by atoms with Crippen molar-refractivity contribution in [3.63, 3.8) is 0 Å². The lowest BCUT2D eigenvalue weighted by atomic mass is 9.86. The molecule has 0 bridgehead atoms. The lowest BCUT2D eigenvalue weighted by molar-refractivity contribution is -0.121. The van der Waals surface area contributed by atoms with Gasteiger partial charge >= 0.3 is 0 Å². The van der Waals surface area contributed by atoms with Gasteiger partial charge in [0.15, 0.2) is 0 Å². The second-order valence-electron chi connectivity index (χ2n) is 8.62. The summed E-state index contributed by atoms with van der Waals surface area (Å²) in [4.78, 5) is 12.3. The number of hydrogen-bond acceptors (Lipinski definition) is 1. The Morgan fingerprint density at radius 2 is 1.73 bits per heavy atom. The molecule has 0 spiro atoms. The van der Waals surface area contributed by atoms with Crippen LogP contribution in [0.2, 0.25) is 0 Å². The van der Waals surface area contributed by atoms with Gasteiger partial charge in [-0.25, -0.2) is 0 Å². The van der Waals surface area contributed by atoms with Crippen molar-refractivity contribution in [1.82, 2.24) is 5.32 Å². The van der Waals surface area contributed by atoms with E-state index in [1.165, 1.54) is 47.1 Å². The van der Waals surface area contributed by atoms with Crippen LogP contribution in [0.1, 0.15) is 74.4 Å². The van der Waals surface area contributed by atoms with Crippen molar-refractivity contribution in [3.8, 4) is 0 Å². The van der Waals surface area contributed by atoms with E-state index >= 15 is 0 Å². The van der Waals surface area contributed by atoms with Crippen molar-refractivity contribution in [2.75, 3.05) is 0 Å². The molecule has 0 unspecified atom stereocenters. The summed E-state index contributed by atoms with van der Waals surface area (Å²) in [7, 11) is 0. The van der Waals surface area contributed by atoms with E-state index in [2.05, 4.69) is 75.5 Å². The number of carbonyl (C=O) groups excluding carboxylic acids is 1. The van der Waals surface area contributed by atoms with E-state index in [1.807, 2.05) is 0 Å². The van der Waals surface area contributed by atoms with Gasteiger partial charge in [-0.15, -0.1) is 0 Å². The Hall–Kier alpha value is -2.09. The topological polar surface area (TPSA) is 29.1 Å². The predicted molar refractivity (Wildman–Crippen MR) is 108 cm³/mol. The van der Waals surface area contributed by atoms with Crippen LogP contribution in [-0.2, 0) is 29.5 Å². The Bertz CT molecular complexity index is 768. The summed E-state index contributed by atoms with van der Waals surface area (Å²) in [6, 6.07) is 15.4.